The molecule has 96 valence electrons. The zero-order chi connectivity index (χ0) is 13.0. The maximum Gasteiger partial charge on any atom is 0.176 e. The minimum Gasteiger partial charge on any atom is -0.354 e. The lowest BCUT2D eigenvalue weighted by atomic mass is 10.00. The summed E-state index contributed by atoms with van der Waals surface area (Å²) in [6.45, 7) is 0. The normalized spacial score (nSPS) is 13.1. The molecule has 2 rings (SSSR count). The molecule has 1 unspecified atom stereocenters. The van der Waals surface area contributed by atoms with Crippen LogP contribution in [0.4, 0.5) is 0 Å². The van der Waals surface area contributed by atoms with E-state index in [2.05, 4.69) is 22.4 Å². The van der Waals surface area contributed by atoms with E-state index in [4.69, 9.17) is 9.47 Å². The van der Waals surface area contributed by atoms with Gasteiger partial charge >= 0.3 is 0 Å². The van der Waals surface area contributed by atoms with Crippen LogP contribution in [0.5, 0.6) is 0 Å². The van der Waals surface area contributed by atoms with E-state index in [1.807, 2.05) is 25.4 Å². The predicted octanol–water partition coefficient (Wildman–Crippen LogP) is 2.11. The van der Waals surface area contributed by atoms with Crippen LogP contribution >= 0.6 is 0 Å². The number of fused-ring (bicyclic) bond motifs is 1. The number of likely N-dealkylation sites (N-methyl/N-ethyl adjacent to an activating group) is 1. The minimum absolute atomic E-state index is 0.0344. The Morgan fingerprint density at radius 1 is 1.17 bits per heavy atom. The van der Waals surface area contributed by atoms with E-state index >= 15 is 0 Å². The molecule has 0 amide bonds. The summed E-state index contributed by atoms with van der Waals surface area (Å²) in [7, 11) is 5.18. The van der Waals surface area contributed by atoms with Gasteiger partial charge in [-0.1, -0.05) is 18.2 Å². The van der Waals surface area contributed by atoms with E-state index in [0.29, 0.717) is 0 Å². The van der Waals surface area contributed by atoms with Crippen LogP contribution in [0.1, 0.15) is 11.6 Å². The predicted molar refractivity (Wildman–Crippen MR) is 71.3 cm³/mol. The molecule has 0 radical (unpaired) electrons. The molecule has 0 aliphatic rings. The number of hydrogen-bond acceptors (Lipinski definition) is 4. The third kappa shape index (κ3) is 2.36. The van der Waals surface area contributed by atoms with Crippen molar-refractivity contribution >= 4 is 10.8 Å². The lowest BCUT2D eigenvalue weighted by molar-refractivity contribution is -0.122. The lowest BCUT2D eigenvalue weighted by Crippen LogP contribution is -2.32. The van der Waals surface area contributed by atoms with Crippen LogP contribution in [0.15, 0.2) is 36.7 Å². The second-order valence-electron chi connectivity index (χ2n) is 4.05. The molecule has 2 aromatic rings. The van der Waals surface area contributed by atoms with Gasteiger partial charge in [0.15, 0.2) is 6.29 Å². The highest BCUT2D eigenvalue weighted by Gasteiger charge is 2.22. The molecule has 1 N–H and O–H groups in total. The highest BCUT2D eigenvalue weighted by Crippen LogP contribution is 2.26. The summed E-state index contributed by atoms with van der Waals surface area (Å²) in [4.78, 5) is 4.19. The highest BCUT2D eigenvalue weighted by atomic mass is 16.7. The topological polar surface area (TPSA) is 43.4 Å². The minimum atomic E-state index is -0.333. The van der Waals surface area contributed by atoms with Crippen molar-refractivity contribution in [2.45, 2.75) is 12.3 Å². The van der Waals surface area contributed by atoms with Gasteiger partial charge in [-0.15, -0.1) is 0 Å². The van der Waals surface area contributed by atoms with E-state index in [1.54, 1.807) is 20.4 Å². The molecule has 0 saturated carbocycles. The van der Waals surface area contributed by atoms with Crippen molar-refractivity contribution < 1.29 is 9.47 Å². The maximum atomic E-state index is 5.35. The number of hydrogen-bond donors (Lipinski definition) is 1. The Kier molecular flexibility index (Phi) is 4.25. The van der Waals surface area contributed by atoms with Gasteiger partial charge in [0, 0.05) is 32.0 Å². The third-order valence-electron chi connectivity index (χ3n) is 3.10. The second-order valence-corrected chi connectivity index (χ2v) is 4.05. The SMILES string of the molecule is CNC(c1cccc2ccncc12)C(OC)OC. The highest BCUT2D eigenvalue weighted by molar-refractivity contribution is 5.85. The zero-order valence-electron chi connectivity index (χ0n) is 10.9. The molecule has 0 spiro atoms. The van der Waals surface area contributed by atoms with Crippen molar-refractivity contribution in [1.29, 1.82) is 0 Å². The third-order valence-corrected chi connectivity index (χ3v) is 3.10. The first-order chi connectivity index (χ1) is 8.81. The van der Waals surface area contributed by atoms with Gasteiger partial charge in [-0.25, -0.2) is 0 Å². The molecule has 0 aliphatic carbocycles. The van der Waals surface area contributed by atoms with E-state index < -0.39 is 0 Å². The van der Waals surface area contributed by atoms with Crippen LogP contribution in [-0.2, 0) is 9.47 Å². The van der Waals surface area contributed by atoms with Gasteiger partial charge < -0.3 is 14.8 Å². The first kappa shape index (κ1) is 13.0. The summed E-state index contributed by atoms with van der Waals surface area (Å²) in [5, 5.41) is 5.51. The van der Waals surface area contributed by atoms with Crippen molar-refractivity contribution in [3.63, 3.8) is 0 Å². The Bertz CT molecular complexity index is 507. The van der Waals surface area contributed by atoms with Crippen molar-refractivity contribution in [3.05, 3.63) is 42.2 Å². The van der Waals surface area contributed by atoms with Crippen molar-refractivity contribution in [1.82, 2.24) is 10.3 Å². The van der Waals surface area contributed by atoms with Gasteiger partial charge in [-0.3, -0.25) is 4.98 Å². The Labute approximate surface area is 107 Å². The monoisotopic (exact) mass is 246 g/mol. The molecule has 1 heterocycles. The quantitative estimate of drug-likeness (QED) is 0.821. The first-order valence-electron chi connectivity index (χ1n) is 5.87. The molecular formula is C14H18N2O2. The molecule has 1 atom stereocenters. The van der Waals surface area contributed by atoms with Crippen LogP contribution in [-0.4, -0.2) is 32.5 Å². The number of aromatic nitrogens is 1. The van der Waals surface area contributed by atoms with Crippen molar-refractivity contribution in [3.8, 4) is 0 Å². The number of nitrogens with zero attached hydrogens (tertiary/aromatic N) is 1. The molecular weight excluding hydrogens is 228 g/mol. The number of pyridine rings is 1. The van der Waals surface area contributed by atoms with E-state index in [1.165, 1.54) is 0 Å². The van der Waals surface area contributed by atoms with Crippen LogP contribution < -0.4 is 5.32 Å². The smallest absolute Gasteiger partial charge is 0.176 e. The van der Waals surface area contributed by atoms with Crippen LogP contribution in [0.2, 0.25) is 0 Å². The molecule has 0 fully saturated rings. The number of methoxy groups -OCH3 is 2. The summed E-state index contributed by atoms with van der Waals surface area (Å²) in [5.41, 5.74) is 1.12. The van der Waals surface area contributed by atoms with Crippen molar-refractivity contribution in [2.24, 2.45) is 0 Å². The van der Waals surface area contributed by atoms with Crippen LogP contribution in [0, 0.1) is 0 Å². The summed E-state index contributed by atoms with van der Waals surface area (Å²) >= 11 is 0. The zero-order valence-corrected chi connectivity index (χ0v) is 10.9. The summed E-state index contributed by atoms with van der Waals surface area (Å²) in [5.74, 6) is 0. The van der Waals surface area contributed by atoms with Gasteiger partial charge in [-0.2, -0.15) is 0 Å². The fraction of sp³-hybridized carbons (Fsp3) is 0.357. The van der Waals surface area contributed by atoms with E-state index in [0.717, 1.165) is 16.3 Å². The van der Waals surface area contributed by atoms with Gasteiger partial charge in [-0.05, 0) is 24.1 Å². The maximum absolute atomic E-state index is 5.35. The molecule has 1 aromatic carbocycles. The molecule has 0 saturated heterocycles. The van der Waals surface area contributed by atoms with Crippen molar-refractivity contribution in [2.75, 3.05) is 21.3 Å². The molecule has 0 bridgehead atoms. The fourth-order valence-corrected chi connectivity index (χ4v) is 2.21. The molecule has 4 heteroatoms. The standard InChI is InChI=1S/C14H18N2O2/c1-15-13(14(17-2)18-3)11-6-4-5-10-7-8-16-9-12(10)11/h4-9,13-15H,1-3H3. The Morgan fingerprint density at radius 2 is 1.94 bits per heavy atom. The Balaban J connectivity index is 2.51. The van der Waals surface area contributed by atoms with Crippen LogP contribution in [0.25, 0.3) is 10.8 Å². The summed E-state index contributed by atoms with van der Waals surface area (Å²) in [6.07, 6.45) is 3.34. The lowest BCUT2D eigenvalue weighted by Gasteiger charge is -2.25. The summed E-state index contributed by atoms with van der Waals surface area (Å²) < 4.78 is 10.7. The largest absolute Gasteiger partial charge is 0.354 e. The van der Waals surface area contributed by atoms with E-state index in [9.17, 15) is 0 Å². The van der Waals surface area contributed by atoms with Gasteiger partial charge in [0.1, 0.15) is 0 Å². The fourth-order valence-electron chi connectivity index (χ4n) is 2.21. The summed E-state index contributed by atoms with van der Waals surface area (Å²) in [6, 6.07) is 8.13. The van der Waals surface area contributed by atoms with Gasteiger partial charge in [0.05, 0.1) is 6.04 Å². The number of ether oxygens (including phenoxy) is 2. The molecule has 4 nitrogen and oxygen atoms in total. The molecule has 0 aliphatic heterocycles. The van der Waals surface area contributed by atoms with E-state index in [-0.39, 0.29) is 12.3 Å². The number of benzene rings is 1. The number of nitrogens with one attached hydrogen (secondary N) is 1. The Morgan fingerprint density at radius 3 is 2.61 bits per heavy atom. The Hall–Kier alpha value is -1.49. The molecule has 1 aromatic heterocycles. The number of rotatable bonds is 5. The molecule has 18 heavy (non-hydrogen) atoms. The van der Waals surface area contributed by atoms with Gasteiger partial charge in [0.25, 0.3) is 0 Å². The average Bonchev–Trinajstić information content (AvgIpc) is 2.44. The second kappa shape index (κ2) is 5.91. The average molecular weight is 246 g/mol. The first-order valence-corrected chi connectivity index (χ1v) is 5.87. The van der Waals surface area contributed by atoms with Crippen LogP contribution in [0.3, 0.4) is 0 Å². The van der Waals surface area contributed by atoms with Gasteiger partial charge in [0.2, 0.25) is 0 Å².